The molecule has 2 nitrogen and oxygen atoms in total. The zero-order chi connectivity index (χ0) is 14.0. The number of imidazole rings is 1. The van der Waals surface area contributed by atoms with E-state index in [9.17, 15) is 0 Å². The molecular formula is C16H20N2S2. The van der Waals surface area contributed by atoms with Crippen LogP contribution in [0.2, 0.25) is 0 Å². The van der Waals surface area contributed by atoms with Crippen LogP contribution in [0.15, 0.2) is 43.0 Å². The zero-order valence-electron chi connectivity index (χ0n) is 12.0. The molecule has 3 rings (SSSR count). The summed E-state index contributed by atoms with van der Waals surface area (Å²) in [5.41, 5.74) is 2.79. The normalized spacial score (nSPS) is 26.0. The highest BCUT2D eigenvalue weighted by molar-refractivity contribution is 8.20. The van der Waals surface area contributed by atoms with Crippen molar-refractivity contribution in [1.82, 2.24) is 9.55 Å². The van der Waals surface area contributed by atoms with Gasteiger partial charge in [0.2, 0.25) is 0 Å². The highest BCUT2D eigenvalue weighted by Crippen LogP contribution is 2.57. The molecule has 4 heteroatoms. The van der Waals surface area contributed by atoms with E-state index in [-0.39, 0.29) is 4.08 Å². The van der Waals surface area contributed by atoms with Gasteiger partial charge in [-0.15, -0.1) is 23.5 Å². The molecule has 1 aromatic carbocycles. The predicted molar refractivity (Wildman–Crippen MR) is 89.2 cm³/mol. The third-order valence-electron chi connectivity index (χ3n) is 3.69. The topological polar surface area (TPSA) is 17.8 Å². The van der Waals surface area contributed by atoms with Gasteiger partial charge in [0, 0.05) is 29.9 Å². The summed E-state index contributed by atoms with van der Waals surface area (Å²) in [6.45, 7) is 5.52. The summed E-state index contributed by atoms with van der Waals surface area (Å²) >= 11 is 4.23. The van der Waals surface area contributed by atoms with Crippen molar-refractivity contribution in [1.29, 1.82) is 0 Å². The Balaban J connectivity index is 1.83. The van der Waals surface area contributed by atoms with Gasteiger partial charge in [-0.1, -0.05) is 36.8 Å². The lowest BCUT2D eigenvalue weighted by atomic mass is 10.1. The lowest BCUT2D eigenvalue weighted by Crippen LogP contribution is -2.17. The Morgan fingerprint density at radius 2 is 2.15 bits per heavy atom. The van der Waals surface area contributed by atoms with Gasteiger partial charge in [-0.3, -0.25) is 0 Å². The summed E-state index contributed by atoms with van der Waals surface area (Å²) in [6.07, 6.45) is 6.97. The molecule has 1 aromatic heterocycles. The van der Waals surface area contributed by atoms with Crippen LogP contribution in [-0.4, -0.2) is 20.6 Å². The minimum Gasteiger partial charge on any atom is -0.337 e. The molecule has 1 saturated heterocycles. The number of thioether (sulfide) groups is 2. The Kier molecular flexibility index (Phi) is 4.13. The maximum Gasteiger partial charge on any atom is 0.0945 e. The second kappa shape index (κ2) is 5.86. The van der Waals surface area contributed by atoms with E-state index >= 15 is 0 Å². The fourth-order valence-corrected chi connectivity index (χ4v) is 6.19. The van der Waals surface area contributed by atoms with Crippen LogP contribution in [0, 0.1) is 6.92 Å². The fraction of sp³-hybridized carbons (Fsp3) is 0.438. The van der Waals surface area contributed by atoms with E-state index in [2.05, 4.69) is 77.4 Å². The number of nitrogens with zero attached hydrogens (tertiary/aromatic N) is 2. The minimum absolute atomic E-state index is 0.206. The summed E-state index contributed by atoms with van der Waals surface area (Å²) < 4.78 is 2.39. The molecule has 0 saturated carbocycles. The van der Waals surface area contributed by atoms with E-state index in [4.69, 9.17) is 0 Å². The molecule has 0 spiro atoms. The maximum absolute atomic E-state index is 4.14. The summed E-state index contributed by atoms with van der Waals surface area (Å²) in [7, 11) is 0. The second-order valence-electron chi connectivity index (χ2n) is 5.41. The molecule has 0 aliphatic carbocycles. The maximum atomic E-state index is 4.14. The SMILES string of the molecule is Cc1ccc(C2(CCn3ccnc3)SCC(C)S2)cc1. The Morgan fingerprint density at radius 3 is 2.75 bits per heavy atom. The van der Waals surface area contributed by atoms with Gasteiger partial charge in [-0.2, -0.15) is 0 Å². The summed E-state index contributed by atoms with van der Waals surface area (Å²) in [5, 5.41) is 0.726. The Hall–Kier alpha value is -0.870. The molecule has 1 aliphatic heterocycles. The first-order chi connectivity index (χ1) is 9.68. The molecule has 2 aromatic rings. The molecule has 2 heterocycles. The Morgan fingerprint density at radius 1 is 1.35 bits per heavy atom. The highest BCUT2D eigenvalue weighted by Gasteiger charge is 2.40. The van der Waals surface area contributed by atoms with Crippen LogP contribution in [0.3, 0.4) is 0 Å². The van der Waals surface area contributed by atoms with E-state index in [0.29, 0.717) is 0 Å². The van der Waals surface area contributed by atoms with Gasteiger partial charge in [0.1, 0.15) is 0 Å². The number of hydrogen-bond acceptors (Lipinski definition) is 3. The van der Waals surface area contributed by atoms with Gasteiger partial charge >= 0.3 is 0 Å². The van der Waals surface area contributed by atoms with Gasteiger partial charge in [0.25, 0.3) is 0 Å². The van der Waals surface area contributed by atoms with Crippen LogP contribution in [0.25, 0.3) is 0 Å². The third-order valence-corrected chi connectivity index (χ3v) is 7.51. The molecule has 0 N–H and O–H groups in total. The van der Waals surface area contributed by atoms with E-state index in [1.165, 1.54) is 16.9 Å². The van der Waals surface area contributed by atoms with Crippen LogP contribution in [-0.2, 0) is 10.6 Å². The van der Waals surface area contributed by atoms with Gasteiger partial charge in [-0.25, -0.2) is 4.98 Å². The monoisotopic (exact) mass is 304 g/mol. The lowest BCUT2D eigenvalue weighted by molar-refractivity contribution is 0.614. The first-order valence-electron chi connectivity index (χ1n) is 7.03. The minimum atomic E-state index is 0.206. The van der Waals surface area contributed by atoms with E-state index < -0.39 is 0 Å². The molecule has 0 amide bonds. The molecule has 1 aliphatic rings. The molecule has 2 unspecified atom stereocenters. The van der Waals surface area contributed by atoms with Gasteiger partial charge in [0.05, 0.1) is 10.4 Å². The van der Waals surface area contributed by atoms with Crippen molar-refractivity contribution in [3.05, 3.63) is 54.1 Å². The first-order valence-corrected chi connectivity index (χ1v) is 8.89. The number of aryl methyl sites for hydroxylation is 2. The molecule has 0 radical (unpaired) electrons. The smallest absolute Gasteiger partial charge is 0.0945 e. The van der Waals surface area contributed by atoms with Crippen LogP contribution >= 0.6 is 23.5 Å². The van der Waals surface area contributed by atoms with Gasteiger partial charge in [-0.05, 0) is 18.9 Å². The molecule has 2 atom stereocenters. The fourth-order valence-electron chi connectivity index (χ4n) is 2.57. The van der Waals surface area contributed by atoms with Crippen LogP contribution in [0.1, 0.15) is 24.5 Å². The van der Waals surface area contributed by atoms with Crippen molar-refractivity contribution in [2.45, 2.75) is 36.1 Å². The van der Waals surface area contributed by atoms with Gasteiger partial charge in [0.15, 0.2) is 0 Å². The van der Waals surface area contributed by atoms with E-state index in [1.807, 2.05) is 12.5 Å². The van der Waals surface area contributed by atoms with Gasteiger partial charge < -0.3 is 4.57 Å². The number of rotatable bonds is 4. The zero-order valence-corrected chi connectivity index (χ0v) is 13.6. The van der Waals surface area contributed by atoms with Crippen LogP contribution in [0.4, 0.5) is 0 Å². The Labute approximate surface area is 129 Å². The van der Waals surface area contributed by atoms with Crippen molar-refractivity contribution in [3.8, 4) is 0 Å². The van der Waals surface area contributed by atoms with Crippen molar-refractivity contribution >= 4 is 23.5 Å². The van der Waals surface area contributed by atoms with Crippen LogP contribution in [0.5, 0.6) is 0 Å². The van der Waals surface area contributed by atoms with Crippen molar-refractivity contribution < 1.29 is 0 Å². The second-order valence-corrected chi connectivity index (χ2v) is 8.72. The summed E-state index contributed by atoms with van der Waals surface area (Å²) in [5.74, 6) is 1.24. The van der Waals surface area contributed by atoms with Crippen molar-refractivity contribution in [3.63, 3.8) is 0 Å². The lowest BCUT2D eigenvalue weighted by Gasteiger charge is -2.28. The third kappa shape index (κ3) is 2.91. The Bertz CT molecular complexity index is 550. The predicted octanol–water partition coefficient (Wildman–Crippen LogP) is 4.30. The average molecular weight is 304 g/mol. The summed E-state index contributed by atoms with van der Waals surface area (Å²) in [6, 6.07) is 9.08. The standard InChI is InChI=1S/C16H20N2S2/c1-13-3-5-15(6-4-13)16(19-11-14(2)20-16)7-9-18-10-8-17-12-18/h3-6,8,10,12,14H,7,9,11H2,1-2H3. The molecule has 0 bridgehead atoms. The van der Waals surface area contributed by atoms with E-state index in [0.717, 1.165) is 18.2 Å². The van der Waals surface area contributed by atoms with Crippen molar-refractivity contribution in [2.75, 3.05) is 5.75 Å². The first kappa shape index (κ1) is 14.1. The molecule has 106 valence electrons. The highest BCUT2D eigenvalue weighted by atomic mass is 32.2. The quantitative estimate of drug-likeness (QED) is 0.838. The van der Waals surface area contributed by atoms with Crippen molar-refractivity contribution in [2.24, 2.45) is 0 Å². The summed E-state index contributed by atoms with van der Waals surface area (Å²) in [4.78, 5) is 4.14. The molecular weight excluding hydrogens is 284 g/mol. The average Bonchev–Trinajstić information content (AvgIpc) is 3.08. The molecule has 20 heavy (non-hydrogen) atoms. The van der Waals surface area contributed by atoms with E-state index in [1.54, 1.807) is 0 Å². The number of aromatic nitrogens is 2. The number of benzene rings is 1. The molecule has 1 fully saturated rings. The number of hydrogen-bond donors (Lipinski definition) is 0. The van der Waals surface area contributed by atoms with Crippen LogP contribution < -0.4 is 0 Å². The largest absolute Gasteiger partial charge is 0.337 e.